The maximum Gasteiger partial charge on any atom is 0.220 e. The van der Waals surface area contributed by atoms with Gasteiger partial charge in [0.25, 0.3) is 0 Å². The van der Waals surface area contributed by atoms with Gasteiger partial charge in [0.15, 0.2) is 18.9 Å². The first-order valence-corrected chi connectivity index (χ1v) is 39.5. The van der Waals surface area contributed by atoms with E-state index in [-0.39, 0.29) is 18.9 Å². The first-order chi connectivity index (χ1) is 47.8. The Morgan fingerprint density at radius 1 is 0.367 bits per heavy atom. The Hall–Kier alpha value is -2.51. The number of nitrogens with one attached hydrogen (secondary N) is 1. The number of hydrogen-bond donors (Lipinski definition) is 12. The molecule has 3 heterocycles. The lowest BCUT2D eigenvalue weighted by molar-refractivity contribution is -0.379. The second kappa shape index (κ2) is 59.8. The average molecular weight is 1400 g/mol. The summed E-state index contributed by atoms with van der Waals surface area (Å²) < 4.78 is 34.4. The fourth-order valence-electron chi connectivity index (χ4n) is 13.2. The van der Waals surface area contributed by atoms with Crippen molar-refractivity contribution in [2.24, 2.45) is 0 Å². The molecule has 3 aliphatic heterocycles. The third kappa shape index (κ3) is 39.9. The molecular weight excluding hydrogens is 1250 g/mol. The predicted molar refractivity (Wildman–Crippen MR) is 388 cm³/mol. The zero-order valence-corrected chi connectivity index (χ0v) is 61.0. The van der Waals surface area contributed by atoms with Crippen LogP contribution < -0.4 is 5.32 Å². The molecule has 0 aliphatic carbocycles. The number of unbranched alkanes of at least 4 members (excludes halogenated alkanes) is 38. The molecule has 12 N–H and O–H groups in total. The van der Waals surface area contributed by atoms with Gasteiger partial charge in [-0.05, 0) is 70.6 Å². The van der Waals surface area contributed by atoms with E-state index in [1.54, 1.807) is 6.08 Å². The van der Waals surface area contributed by atoms with Gasteiger partial charge in [0.2, 0.25) is 5.91 Å². The van der Waals surface area contributed by atoms with Crippen LogP contribution in [0.15, 0.2) is 60.8 Å². The smallest absolute Gasteiger partial charge is 0.220 e. The number of allylic oxidation sites excluding steroid dienone is 9. The van der Waals surface area contributed by atoms with Gasteiger partial charge in [-0.25, -0.2) is 0 Å². The summed E-state index contributed by atoms with van der Waals surface area (Å²) in [5, 5.41) is 121. The molecule has 572 valence electrons. The summed E-state index contributed by atoms with van der Waals surface area (Å²) in [7, 11) is 0. The highest BCUT2D eigenvalue weighted by molar-refractivity contribution is 5.76. The van der Waals surface area contributed by atoms with Gasteiger partial charge in [0.1, 0.15) is 73.2 Å². The molecule has 3 rings (SSSR count). The van der Waals surface area contributed by atoms with Crippen LogP contribution in [0.1, 0.15) is 303 Å². The largest absolute Gasteiger partial charge is 0.394 e. The lowest BCUT2D eigenvalue weighted by Gasteiger charge is -2.48. The van der Waals surface area contributed by atoms with E-state index in [0.29, 0.717) is 12.8 Å². The number of amides is 1. The molecule has 0 aromatic heterocycles. The van der Waals surface area contributed by atoms with Crippen LogP contribution >= 0.6 is 0 Å². The molecule has 0 aromatic rings. The molecule has 0 bridgehead atoms. The molecular formula is C79H143NO18. The van der Waals surface area contributed by atoms with Gasteiger partial charge in [0.05, 0.1) is 38.6 Å². The Morgan fingerprint density at radius 3 is 1.09 bits per heavy atom. The minimum Gasteiger partial charge on any atom is -0.394 e. The van der Waals surface area contributed by atoms with Gasteiger partial charge in [-0.1, -0.05) is 286 Å². The fourth-order valence-corrected chi connectivity index (χ4v) is 13.2. The molecule has 98 heavy (non-hydrogen) atoms. The van der Waals surface area contributed by atoms with Gasteiger partial charge in [-0.3, -0.25) is 4.79 Å². The average Bonchev–Trinajstić information content (AvgIpc) is 0.784. The van der Waals surface area contributed by atoms with E-state index in [1.165, 1.54) is 218 Å². The quantitative estimate of drug-likeness (QED) is 0.0199. The topological polar surface area (TPSA) is 307 Å². The molecule has 19 nitrogen and oxygen atoms in total. The molecule has 0 aromatic carbocycles. The SMILES string of the molecule is CCCCCCC/C=C\C/C=C\C/C=C\CCCCCCCCCCCCCCCCCCCCCCCCC(=O)NC(COC1OC(CO)C(OC2OC(CO)C(OC3OC(CO)C(O)C(O)C3O)C(O)C2O)C(O)C1O)C(O)/C=C/CC/C=C/CCCCCCCCCCCC. The van der Waals surface area contributed by atoms with Gasteiger partial charge >= 0.3 is 0 Å². The number of aliphatic hydroxyl groups excluding tert-OH is 11. The van der Waals surface area contributed by atoms with Crippen molar-refractivity contribution < 1.29 is 89.4 Å². The van der Waals surface area contributed by atoms with Crippen LogP contribution in [-0.4, -0.2) is 193 Å². The maximum absolute atomic E-state index is 13.4. The molecule has 3 fully saturated rings. The second-order valence-electron chi connectivity index (χ2n) is 28.2. The fraction of sp³-hybridized carbons (Fsp3) is 0.861. The standard InChI is InChI=1S/C79H143NO18/c1-3-5-7-9-11-13-15-17-19-21-22-23-24-25-26-27-28-29-30-31-32-33-34-35-36-37-38-39-40-41-43-45-47-49-51-53-55-57-67(85)80-62(63(84)56-54-52-50-48-46-44-42-20-18-16-14-12-10-8-6-4-2)61-93-77-73(91)70(88)75(65(59-82)95-77)98-79-74(92)71(89)76(66(60-83)96-79)97-78-72(90)69(87)68(86)64(58-81)94-78/h15,17,21-22,24-25,46,48,54,56,62-66,68-79,81-84,86-92H,3-14,16,18-20,23,26-45,47,49-53,55,57-61H2,1-2H3,(H,80,85)/b17-15-,22-21-,25-24-,48-46+,56-54+. The number of carbonyl (C=O) groups excluding carboxylic acids is 1. The maximum atomic E-state index is 13.4. The van der Waals surface area contributed by atoms with Crippen molar-refractivity contribution in [2.75, 3.05) is 26.4 Å². The van der Waals surface area contributed by atoms with E-state index in [4.69, 9.17) is 28.4 Å². The molecule has 17 unspecified atom stereocenters. The van der Waals surface area contributed by atoms with E-state index in [1.807, 2.05) is 6.08 Å². The molecule has 17 atom stereocenters. The zero-order valence-electron chi connectivity index (χ0n) is 61.0. The summed E-state index contributed by atoms with van der Waals surface area (Å²) >= 11 is 0. The van der Waals surface area contributed by atoms with E-state index in [2.05, 4.69) is 67.8 Å². The Morgan fingerprint density at radius 2 is 0.684 bits per heavy atom. The summed E-state index contributed by atoms with van der Waals surface area (Å²) in [6.45, 7) is 1.72. The predicted octanol–water partition coefficient (Wildman–Crippen LogP) is 12.7. The summed E-state index contributed by atoms with van der Waals surface area (Å²) in [6.07, 6.45) is 49.4. The summed E-state index contributed by atoms with van der Waals surface area (Å²) in [5.74, 6) is -0.282. The first kappa shape index (κ1) is 89.7. The van der Waals surface area contributed by atoms with E-state index in [9.17, 15) is 61.0 Å². The Labute approximate surface area is 592 Å². The van der Waals surface area contributed by atoms with Crippen molar-refractivity contribution >= 4 is 5.91 Å². The number of aliphatic hydroxyl groups is 11. The molecule has 1 amide bonds. The zero-order chi connectivity index (χ0) is 71.1. The van der Waals surface area contributed by atoms with Crippen LogP contribution in [0.25, 0.3) is 0 Å². The highest BCUT2D eigenvalue weighted by Gasteiger charge is 2.53. The highest BCUT2D eigenvalue weighted by atomic mass is 16.8. The Bertz CT molecular complexity index is 2010. The van der Waals surface area contributed by atoms with Crippen LogP contribution in [0.2, 0.25) is 0 Å². The van der Waals surface area contributed by atoms with Crippen molar-refractivity contribution in [1.82, 2.24) is 5.32 Å². The Balaban J connectivity index is 1.32. The number of carbonyl (C=O) groups is 1. The summed E-state index contributed by atoms with van der Waals surface area (Å²) in [4.78, 5) is 13.4. The van der Waals surface area contributed by atoms with Crippen molar-refractivity contribution in [3.8, 4) is 0 Å². The van der Waals surface area contributed by atoms with E-state index in [0.717, 1.165) is 51.4 Å². The van der Waals surface area contributed by atoms with Gasteiger partial charge in [-0.15, -0.1) is 0 Å². The van der Waals surface area contributed by atoms with Crippen molar-refractivity contribution in [3.63, 3.8) is 0 Å². The minimum absolute atomic E-state index is 0.237. The number of ether oxygens (including phenoxy) is 6. The van der Waals surface area contributed by atoms with Crippen LogP contribution in [0.5, 0.6) is 0 Å². The van der Waals surface area contributed by atoms with Crippen LogP contribution in [0, 0.1) is 0 Å². The van der Waals surface area contributed by atoms with Crippen molar-refractivity contribution in [2.45, 2.75) is 407 Å². The van der Waals surface area contributed by atoms with Gasteiger partial charge < -0.3 is 89.9 Å². The lowest BCUT2D eigenvalue weighted by Crippen LogP contribution is -2.66. The lowest BCUT2D eigenvalue weighted by atomic mass is 9.96. The molecule has 0 spiro atoms. The van der Waals surface area contributed by atoms with Crippen molar-refractivity contribution in [1.29, 1.82) is 0 Å². The monoisotopic (exact) mass is 1390 g/mol. The van der Waals surface area contributed by atoms with E-state index >= 15 is 0 Å². The summed E-state index contributed by atoms with van der Waals surface area (Å²) in [5.41, 5.74) is 0. The first-order valence-electron chi connectivity index (χ1n) is 39.5. The Kier molecular flexibility index (Phi) is 54.8. The van der Waals surface area contributed by atoms with Crippen LogP contribution in [-0.2, 0) is 33.2 Å². The van der Waals surface area contributed by atoms with E-state index < -0.39 is 124 Å². The number of rotatable bonds is 62. The van der Waals surface area contributed by atoms with Crippen LogP contribution in [0.3, 0.4) is 0 Å². The highest BCUT2D eigenvalue weighted by Crippen LogP contribution is 2.33. The summed E-state index contributed by atoms with van der Waals surface area (Å²) in [6, 6.07) is -0.990. The molecule has 3 aliphatic rings. The molecule has 0 saturated carbocycles. The minimum atomic E-state index is -1.98. The molecule has 3 saturated heterocycles. The van der Waals surface area contributed by atoms with Gasteiger partial charge in [-0.2, -0.15) is 0 Å². The normalized spacial score (nSPS) is 27.1. The number of hydrogen-bond acceptors (Lipinski definition) is 18. The second-order valence-corrected chi connectivity index (χ2v) is 28.2. The molecule has 0 radical (unpaired) electrons. The van der Waals surface area contributed by atoms with Crippen molar-refractivity contribution in [3.05, 3.63) is 60.8 Å². The molecule has 19 heteroatoms. The third-order valence-corrected chi connectivity index (χ3v) is 19.5. The third-order valence-electron chi connectivity index (χ3n) is 19.5. The van der Waals surface area contributed by atoms with Gasteiger partial charge in [0, 0.05) is 6.42 Å². The van der Waals surface area contributed by atoms with Crippen LogP contribution in [0.4, 0.5) is 0 Å².